The molecule has 0 aromatic heterocycles. The number of rotatable bonds is 13. The average molecular weight is 303 g/mol. The van der Waals surface area contributed by atoms with Crippen LogP contribution in [0.15, 0.2) is 0 Å². The predicted octanol–water partition coefficient (Wildman–Crippen LogP) is 1.54. The Morgan fingerprint density at radius 3 is 2.24 bits per heavy atom. The SMILES string of the molecule is CCCCOCCOCCOCCN1CCC(C)C1CO. The topological polar surface area (TPSA) is 51.2 Å². The molecular weight excluding hydrogens is 270 g/mol. The molecule has 5 nitrogen and oxygen atoms in total. The van der Waals surface area contributed by atoms with Gasteiger partial charge in [-0.05, 0) is 25.3 Å². The molecular formula is C16H33NO4. The van der Waals surface area contributed by atoms with Gasteiger partial charge in [0.15, 0.2) is 0 Å². The molecule has 0 aliphatic carbocycles. The van der Waals surface area contributed by atoms with Crippen LogP contribution >= 0.6 is 0 Å². The first-order chi connectivity index (χ1) is 10.3. The van der Waals surface area contributed by atoms with Gasteiger partial charge in [-0.2, -0.15) is 0 Å². The van der Waals surface area contributed by atoms with Gasteiger partial charge >= 0.3 is 0 Å². The summed E-state index contributed by atoms with van der Waals surface area (Å²) in [7, 11) is 0. The highest BCUT2D eigenvalue weighted by molar-refractivity contribution is 4.83. The van der Waals surface area contributed by atoms with E-state index in [1.165, 1.54) is 12.8 Å². The lowest BCUT2D eigenvalue weighted by atomic mass is 10.0. The number of aliphatic hydroxyl groups is 1. The molecule has 1 fully saturated rings. The van der Waals surface area contributed by atoms with Crippen molar-refractivity contribution in [1.82, 2.24) is 4.90 Å². The van der Waals surface area contributed by atoms with Gasteiger partial charge in [-0.3, -0.25) is 4.90 Å². The first kappa shape index (κ1) is 18.8. The summed E-state index contributed by atoms with van der Waals surface area (Å²) in [5.41, 5.74) is 0. The number of nitrogens with zero attached hydrogens (tertiary/aromatic N) is 1. The van der Waals surface area contributed by atoms with E-state index >= 15 is 0 Å². The van der Waals surface area contributed by atoms with Gasteiger partial charge in [-0.15, -0.1) is 0 Å². The molecule has 0 aromatic rings. The van der Waals surface area contributed by atoms with E-state index < -0.39 is 0 Å². The summed E-state index contributed by atoms with van der Waals surface area (Å²) in [4.78, 5) is 2.33. The van der Waals surface area contributed by atoms with Crippen LogP contribution in [0.3, 0.4) is 0 Å². The van der Waals surface area contributed by atoms with E-state index in [1.807, 2.05) is 0 Å². The molecule has 0 radical (unpaired) electrons. The van der Waals surface area contributed by atoms with Crippen LogP contribution in [0.2, 0.25) is 0 Å². The molecule has 1 N–H and O–H groups in total. The molecule has 0 spiro atoms. The number of likely N-dealkylation sites (tertiary alicyclic amines) is 1. The quantitative estimate of drug-likeness (QED) is 0.523. The van der Waals surface area contributed by atoms with Crippen molar-refractivity contribution in [3.05, 3.63) is 0 Å². The highest BCUT2D eigenvalue weighted by atomic mass is 16.5. The van der Waals surface area contributed by atoms with E-state index in [9.17, 15) is 5.11 Å². The second-order valence-electron chi connectivity index (χ2n) is 5.74. The van der Waals surface area contributed by atoms with Gasteiger partial charge in [-0.1, -0.05) is 20.3 Å². The van der Waals surface area contributed by atoms with Crippen LogP contribution in [-0.2, 0) is 14.2 Å². The van der Waals surface area contributed by atoms with Gasteiger partial charge in [0.25, 0.3) is 0 Å². The monoisotopic (exact) mass is 303 g/mol. The first-order valence-corrected chi connectivity index (χ1v) is 8.37. The van der Waals surface area contributed by atoms with Crippen LogP contribution in [-0.4, -0.2) is 75.4 Å². The largest absolute Gasteiger partial charge is 0.395 e. The molecule has 126 valence electrons. The maximum Gasteiger partial charge on any atom is 0.0701 e. The maximum atomic E-state index is 9.37. The molecule has 1 rings (SSSR count). The summed E-state index contributed by atoms with van der Waals surface area (Å²) in [5, 5.41) is 9.37. The Hall–Kier alpha value is -0.200. The van der Waals surface area contributed by atoms with Crippen molar-refractivity contribution in [2.75, 3.05) is 59.3 Å². The lowest BCUT2D eigenvalue weighted by Crippen LogP contribution is -2.37. The summed E-state index contributed by atoms with van der Waals surface area (Å²) < 4.78 is 16.4. The Morgan fingerprint density at radius 2 is 1.62 bits per heavy atom. The molecule has 21 heavy (non-hydrogen) atoms. The second kappa shape index (κ2) is 12.4. The van der Waals surface area contributed by atoms with Gasteiger partial charge in [-0.25, -0.2) is 0 Å². The third kappa shape index (κ3) is 8.12. The van der Waals surface area contributed by atoms with Crippen molar-refractivity contribution in [2.45, 2.75) is 39.2 Å². The second-order valence-corrected chi connectivity index (χ2v) is 5.74. The third-order valence-corrected chi connectivity index (χ3v) is 4.09. The molecule has 1 saturated heterocycles. The van der Waals surface area contributed by atoms with Crippen LogP contribution in [0.5, 0.6) is 0 Å². The standard InChI is InChI=1S/C16H33NO4/c1-3-4-8-19-10-12-21-13-11-20-9-7-17-6-5-15(2)16(17)14-18/h15-16,18H,3-14H2,1-2H3. The van der Waals surface area contributed by atoms with Crippen LogP contribution < -0.4 is 0 Å². The molecule has 5 heteroatoms. The summed E-state index contributed by atoms with van der Waals surface area (Å²) in [6, 6.07) is 0.310. The number of unbranched alkanes of at least 4 members (excludes halogenated alkanes) is 1. The first-order valence-electron chi connectivity index (χ1n) is 8.37. The minimum Gasteiger partial charge on any atom is -0.395 e. The minimum absolute atomic E-state index is 0.252. The maximum absolute atomic E-state index is 9.37. The highest BCUT2D eigenvalue weighted by Crippen LogP contribution is 2.22. The molecule has 0 aromatic carbocycles. The van der Waals surface area contributed by atoms with Crippen molar-refractivity contribution < 1.29 is 19.3 Å². The van der Waals surface area contributed by atoms with E-state index in [4.69, 9.17) is 14.2 Å². The number of aliphatic hydroxyl groups excluding tert-OH is 1. The average Bonchev–Trinajstić information content (AvgIpc) is 2.85. The van der Waals surface area contributed by atoms with Crippen molar-refractivity contribution >= 4 is 0 Å². The Labute approximate surface area is 129 Å². The van der Waals surface area contributed by atoms with E-state index in [-0.39, 0.29) is 6.61 Å². The molecule has 2 atom stereocenters. The molecule has 0 saturated carbocycles. The fraction of sp³-hybridized carbons (Fsp3) is 1.00. The van der Waals surface area contributed by atoms with Gasteiger partial charge in [0, 0.05) is 19.2 Å². The molecule has 1 aliphatic rings. The smallest absolute Gasteiger partial charge is 0.0701 e. The zero-order valence-corrected chi connectivity index (χ0v) is 13.8. The Balaban J connectivity index is 1.84. The third-order valence-electron chi connectivity index (χ3n) is 4.09. The van der Waals surface area contributed by atoms with Crippen molar-refractivity contribution in [2.24, 2.45) is 5.92 Å². The van der Waals surface area contributed by atoms with Crippen LogP contribution in [0.1, 0.15) is 33.1 Å². The van der Waals surface area contributed by atoms with Crippen molar-refractivity contribution in [1.29, 1.82) is 0 Å². The summed E-state index contributed by atoms with van der Waals surface area (Å²) in [6.45, 7) is 10.7. The molecule has 1 heterocycles. The highest BCUT2D eigenvalue weighted by Gasteiger charge is 2.29. The number of ether oxygens (including phenoxy) is 3. The predicted molar refractivity (Wildman–Crippen MR) is 83.6 cm³/mol. The fourth-order valence-corrected chi connectivity index (χ4v) is 2.63. The lowest BCUT2D eigenvalue weighted by Gasteiger charge is -2.24. The van der Waals surface area contributed by atoms with Gasteiger partial charge < -0.3 is 19.3 Å². The van der Waals surface area contributed by atoms with Crippen LogP contribution in [0.4, 0.5) is 0 Å². The summed E-state index contributed by atoms with van der Waals surface area (Å²) in [6.07, 6.45) is 3.46. The van der Waals surface area contributed by atoms with Gasteiger partial charge in [0.05, 0.1) is 39.6 Å². The van der Waals surface area contributed by atoms with Gasteiger partial charge in [0.2, 0.25) is 0 Å². The Bertz CT molecular complexity index is 240. The lowest BCUT2D eigenvalue weighted by molar-refractivity contribution is 0.00779. The zero-order chi connectivity index (χ0) is 15.3. The molecule has 0 bridgehead atoms. The van der Waals surface area contributed by atoms with Crippen LogP contribution in [0, 0.1) is 5.92 Å². The molecule has 2 unspecified atom stereocenters. The van der Waals surface area contributed by atoms with Crippen LogP contribution in [0.25, 0.3) is 0 Å². The van der Waals surface area contributed by atoms with Crippen molar-refractivity contribution in [3.63, 3.8) is 0 Å². The molecule has 1 aliphatic heterocycles. The van der Waals surface area contributed by atoms with Gasteiger partial charge in [0.1, 0.15) is 0 Å². The van der Waals surface area contributed by atoms with E-state index in [0.717, 1.165) is 26.1 Å². The fourth-order valence-electron chi connectivity index (χ4n) is 2.63. The van der Waals surface area contributed by atoms with E-state index in [2.05, 4.69) is 18.7 Å². The number of hydrogen-bond acceptors (Lipinski definition) is 5. The summed E-state index contributed by atoms with van der Waals surface area (Å²) >= 11 is 0. The van der Waals surface area contributed by atoms with E-state index in [1.54, 1.807) is 0 Å². The zero-order valence-electron chi connectivity index (χ0n) is 13.8. The normalized spacial score (nSPS) is 23.0. The number of hydrogen-bond donors (Lipinski definition) is 1. The Kier molecular flexibility index (Phi) is 11.1. The van der Waals surface area contributed by atoms with Crippen molar-refractivity contribution in [3.8, 4) is 0 Å². The molecule has 0 amide bonds. The Morgan fingerprint density at radius 1 is 1.00 bits per heavy atom. The minimum atomic E-state index is 0.252. The van der Waals surface area contributed by atoms with E-state index in [0.29, 0.717) is 45.0 Å². The summed E-state index contributed by atoms with van der Waals surface area (Å²) in [5.74, 6) is 0.589.